The number of likely N-dealkylation sites (tertiary alicyclic amines) is 2. The minimum atomic E-state index is 0.288. The van der Waals surface area contributed by atoms with E-state index in [0.717, 1.165) is 56.5 Å². The van der Waals surface area contributed by atoms with E-state index in [4.69, 9.17) is 0 Å². The summed E-state index contributed by atoms with van der Waals surface area (Å²) in [6, 6.07) is 9.18. The van der Waals surface area contributed by atoms with Crippen LogP contribution in [0.4, 0.5) is 0 Å². The molecular formula is C26H37N5O. The van der Waals surface area contributed by atoms with Crippen LogP contribution < -0.4 is 0 Å². The van der Waals surface area contributed by atoms with E-state index in [0.29, 0.717) is 24.4 Å². The summed E-state index contributed by atoms with van der Waals surface area (Å²) in [5.74, 6) is 1.26. The number of hydrogen-bond acceptors (Lipinski definition) is 5. The van der Waals surface area contributed by atoms with Gasteiger partial charge in [-0.2, -0.15) is 0 Å². The summed E-state index contributed by atoms with van der Waals surface area (Å²) in [6.07, 6.45) is 7.03. The molecular weight excluding hydrogens is 398 g/mol. The molecule has 4 rings (SSSR count). The van der Waals surface area contributed by atoms with Crippen molar-refractivity contribution in [3.8, 4) is 0 Å². The van der Waals surface area contributed by atoms with Crippen LogP contribution in [0.1, 0.15) is 43.2 Å². The predicted octanol–water partition coefficient (Wildman–Crippen LogP) is 3.26. The van der Waals surface area contributed by atoms with Gasteiger partial charge in [0.05, 0.1) is 12.1 Å². The molecule has 0 spiro atoms. The van der Waals surface area contributed by atoms with Crippen LogP contribution in [0.2, 0.25) is 0 Å². The Labute approximate surface area is 192 Å². The van der Waals surface area contributed by atoms with Gasteiger partial charge in [-0.1, -0.05) is 25.1 Å². The van der Waals surface area contributed by atoms with Gasteiger partial charge in [-0.25, -0.2) is 0 Å². The number of amides is 1. The van der Waals surface area contributed by atoms with Crippen molar-refractivity contribution in [3.63, 3.8) is 0 Å². The summed E-state index contributed by atoms with van der Waals surface area (Å²) in [4.78, 5) is 28.7. The molecule has 1 aromatic heterocycles. The summed E-state index contributed by atoms with van der Waals surface area (Å²) in [5.41, 5.74) is 3.42. The van der Waals surface area contributed by atoms with Crippen LogP contribution in [0.25, 0.3) is 10.9 Å². The third-order valence-electron chi connectivity index (χ3n) is 7.18. The molecule has 1 amide bonds. The Kier molecular flexibility index (Phi) is 7.21. The van der Waals surface area contributed by atoms with E-state index in [1.165, 1.54) is 10.9 Å². The lowest BCUT2D eigenvalue weighted by atomic mass is 9.83. The Balaban J connectivity index is 1.47. The highest BCUT2D eigenvalue weighted by Gasteiger charge is 2.30. The average Bonchev–Trinajstić information content (AvgIpc) is 2.79. The fraction of sp³-hybridized carbons (Fsp3) is 0.577. The normalized spacial score (nSPS) is 23.5. The first-order valence-corrected chi connectivity index (χ1v) is 11.9. The van der Waals surface area contributed by atoms with Crippen molar-refractivity contribution in [2.45, 2.75) is 38.1 Å². The van der Waals surface area contributed by atoms with E-state index in [9.17, 15) is 4.79 Å². The number of benzene rings is 1. The number of piperidine rings is 2. The maximum atomic E-state index is 13.1. The van der Waals surface area contributed by atoms with E-state index in [-0.39, 0.29) is 5.91 Å². The molecule has 2 aliphatic rings. The first-order valence-electron chi connectivity index (χ1n) is 11.9. The molecule has 0 saturated carbocycles. The first-order chi connectivity index (χ1) is 15.5. The van der Waals surface area contributed by atoms with Crippen LogP contribution in [-0.2, 0) is 4.79 Å². The number of hydrogen-bond donors (Lipinski definition) is 0. The number of aromatic nitrogens is 1. The molecule has 32 heavy (non-hydrogen) atoms. The SMILES string of the molecule is C/N=C/c1ccc([C@@H]2C[C@@H](C)CN(CC(=O)N3CCC(N(C)C)CC3)C2)c2cccnc12. The highest BCUT2D eigenvalue weighted by Crippen LogP contribution is 2.34. The molecule has 0 unspecified atom stereocenters. The Hall–Kier alpha value is -2.31. The van der Waals surface area contributed by atoms with Crippen molar-refractivity contribution in [2.24, 2.45) is 10.9 Å². The largest absolute Gasteiger partial charge is 0.341 e. The molecule has 6 heteroatoms. The summed E-state index contributed by atoms with van der Waals surface area (Å²) >= 11 is 0. The Morgan fingerprint density at radius 3 is 2.72 bits per heavy atom. The van der Waals surface area contributed by atoms with Gasteiger partial charge in [-0.3, -0.25) is 19.7 Å². The van der Waals surface area contributed by atoms with Crippen LogP contribution in [0.15, 0.2) is 35.5 Å². The van der Waals surface area contributed by atoms with Gasteiger partial charge < -0.3 is 9.80 Å². The minimum Gasteiger partial charge on any atom is -0.341 e. The van der Waals surface area contributed by atoms with Gasteiger partial charge in [0.25, 0.3) is 0 Å². The van der Waals surface area contributed by atoms with Crippen molar-refractivity contribution < 1.29 is 4.79 Å². The highest BCUT2D eigenvalue weighted by molar-refractivity contribution is 5.99. The van der Waals surface area contributed by atoms with Gasteiger partial charge >= 0.3 is 0 Å². The molecule has 2 fully saturated rings. The summed E-state index contributed by atoms with van der Waals surface area (Å²) in [5, 5.41) is 1.21. The van der Waals surface area contributed by atoms with Crippen molar-refractivity contribution in [2.75, 3.05) is 53.9 Å². The first kappa shape index (κ1) is 22.9. The summed E-state index contributed by atoms with van der Waals surface area (Å²) < 4.78 is 0. The lowest BCUT2D eigenvalue weighted by Crippen LogP contribution is -2.49. The van der Waals surface area contributed by atoms with Gasteiger partial charge in [0, 0.05) is 62.6 Å². The predicted molar refractivity (Wildman–Crippen MR) is 132 cm³/mol. The molecule has 3 heterocycles. The molecule has 0 aliphatic carbocycles. The van der Waals surface area contributed by atoms with Crippen LogP contribution in [0.5, 0.6) is 0 Å². The zero-order valence-electron chi connectivity index (χ0n) is 20.0. The number of aliphatic imine (C=N–C) groups is 1. The molecule has 0 radical (unpaired) electrons. The molecule has 2 aliphatic heterocycles. The van der Waals surface area contributed by atoms with Crippen molar-refractivity contribution in [3.05, 3.63) is 41.6 Å². The Bertz CT molecular complexity index is 964. The second-order valence-electron chi connectivity index (χ2n) is 9.84. The lowest BCUT2D eigenvalue weighted by molar-refractivity contribution is -0.134. The smallest absolute Gasteiger partial charge is 0.236 e. The van der Waals surface area contributed by atoms with Gasteiger partial charge in [-0.15, -0.1) is 0 Å². The van der Waals surface area contributed by atoms with Gasteiger partial charge in [-0.05, 0) is 56.8 Å². The fourth-order valence-electron chi connectivity index (χ4n) is 5.55. The minimum absolute atomic E-state index is 0.288. The van der Waals surface area contributed by atoms with Gasteiger partial charge in [0.2, 0.25) is 5.91 Å². The second kappa shape index (κ2) is 10.1. The molecule has 0 bridgehead atoms. The van der Waals surface area contributed by atoms with Gasteiger partial charge in [0.1, 0.15) is 0 Å². The number of carbonyl (C=O) groups is 1. The maximum absolute atomic E-state index is 13.1. The number of pyridine rings is 1. The van der Waals surface area contributed by atoms with Crippen molar-refractivity contribution in [1.29, 1.82) is 0 Å². The second-order valence-corrected chi connectivity index (χ2v) is 9.84. The molecule has 2 aromatic rings. The van der Waals surface area contributed by atoms with Crippen molar-refractivity contribution in [1.82, 2.24) is 19.7 Å². The molecule has 1 aromatic carbocycles. The third kappa shape index (κ3) is 5.02. The van der Waals surface area contributed by atoms with Crippen LogP contribution >= 0.6 is 0 Å². The van der Waals surface area contributed by atoms with Crippen LogP contribution in [0.3, 0.4) is 0 Å². The zero-order chi connectivity index (χ0) is 22.7. The fourth-order valence-corrected chi connectivity index (χ4v) is 5.55. The highest BCUT2D eigenvalue weighted by atomic mass is 16.2. The number of carbonyl (C=O) groups excluding carboxylic acids is 1. The molecule has 172 valence electrons. The Morgan fingerprint density at radius 2 is 2.00 bits per heavy atom. The average molecular weight is 436 g/mol. The third-order valence-corrected chi connectivity index (χ3v) is 7.18. The molecule has 2 saturated heterocycles. The quantitative estimate of drug-likeness (QED) is 0.677. The molecule has 2 atom stereocenters. The van der Waals surface area contributed by atoms with E-state index in [2.05, 4.69) is 63.9 Å². The topological polar surface area (TPSA) is 52.0 Å². The van der Waals surface area contributed by atoms with Crippen molar-refractivity contribution >= 4 is 23.0 Å². The van der Waals surface area contributed by atoms with E-state index in [1.54, 1.807) is 7.05 Å². The number of nitrogens with zero attached hydrogens (tertiary/aromatic N) is 5. The zero-order valence-corrected chi connectivity index (χ0v) is 20.0. The lowest BCUT2D eigenvalue weighted by Gasteiger charge is -2.39. The summed E-state index contributed by atoms with van der Waals surface area (Å²) in [7, 11) is 6.07. The number of fused-ring (bicyclic) bond motifs is 1. The maximum Gasteiger partial charge on any atom is 0.236 e. The number of rotatable bonds is 5. The van der Waals surface area contributed by atoms with E-state index >= 15 is 0 Å². The summed E-state index contributed by atoms with van der Waals surface area (Å²) in [6.45, 7) is 6.52. The standard InChI is InChI=1S/C26H37N5O/c1-19-14-21(23-8-7-20(15-27-2)26-24(23)6-5-11-28-26)17-30(16-19)18-25(32)31-12-9-22(10-13-31)29(3)4/h5-8,11,15,19,21-22H,9-10,12-14,16-18H2,1-4H3/b27-15+/t19-,21-/m1/s1. The Morgan fingerprint density at radius 1 is 1.22 bits per heavy atom. The van der Waals surface area contributed by atoms with Gasteiger partial charge in [0.15, 0.2) is 0 Å². The molecule has 0 N–H and O–H groups in total. The van der Waals surface area contributed by atoms with Crippen LogP contribution in [-0.4, -0.2) is 91.7 Å². The van der Waals surface area contributed by atoms with E-state index in [1.807, 2.05) is 18.5 Å². The van der Waals surface area contributed by atoms with E-state index < -0.39 is 0 Å². The molecule has 6 nitrogen and oxygen atoms in total. The monoisotopic (exact) mass is 435 g/mol. The van der Waals surface area contributed by atoms with Crippen LogP contribution in [0, 0.1) is 5.92 Å².